The standard InChI is InChI=1S/C12H26N2O2/c1-6-14(7-2)9-11(16)13-8-10(15)12(3,4)5/h10,15H,6-9H2,1-5H3,(H,13,16). The van der Waals surface area contributed by atoms with Crippen LogP contribution in [0.25, 0.3) is 0 Å². The lowest BCUT2D eigenvalue weighted by Gasteiger charge is -2.26. The Bertz CT molecular complexity index is 208. The molecule has 1 amide bonds. The van der Waals surface area contributed by atoms with Crippen molar-refractivity contribution in [3.63, 3.8) is 0 Å². The van der Waals surface area contributed by atoms with Crippen molar-refractivity contribution in [2.24, 2.45) is 5.41 Å². The molecular formula is C12H26N2O2. The molecule has 0 aromatic carbocycles. The minimum atomic E-state index is -0.506. The molecule has 4 nitrogen and oxygen atoms in total. The van der Waals surface area contributed by atoms with Crippen molar-refractivity contribution in [3.8, 4) is 0 Å². The first kappa shape index (κ1) is 15.4. The summed E-state index contributed by atoms with van der Waals surface area (Å²) in [4.78, 5) is 13.6. The molecule has 0 heterocycles. The normalized spacial score (nSPS) is 13.9. The topological polar surface area (TPSA) is 52.6 Å². The highest BCUT2D eigenvalue weighted by molar-refractivity contribution is 5.78. The number of aliphatic hydroxyl groups excluding tert-OH is 1. The summed E-state index contributed by atoms with van der Waals surface area (Å²) >= 11 is 0. The Labute approximate surface area is 99.0 Å². The molecule has 0 saturated carbocycles. The first-order chi connectivity index (χ1) is 7.31. The second-order valence-electron chi connectivity index (χ2n) is 5.15. The molecule has 4 heteroatoms. The Morgan fingerprint density at radius 3 is 2.19 bits per heavy atom. The summed E-state index contributed by atoms with van der Waals surface area (Å²) < 4.78 is 0. The highest BCUT2D eigenvalue weighted by Crippen LogP contribution is 2.17. The molecule has 0 aromatic rings. The van der Waals surface area contributed by atoms with Gasteiger partial charge in [0.05, 0.1) is 12.6 Å². The van der Waals surface area contributed by atoms with Crippen LogP contribution < -0.4 is 5.32 Å². The van der Waals surface area contributed by atoms with Crippen molar-refractivity contribution < 1.29 is 9.90 Å². The lowest BCUT2D eigenvalue weighted by molar-refractivity contribution is -0.123. The largest absolute Gasteiger partial charge is 0.391 e. The molecule has 0 aliphatic carbocycles. The van der Waals surface area contributed by atoms with Gasteiger partial charge in [0.2, 0.25) is 5.91 Å². The van der Waals surface area contributed by atoms with Gasteiger partial charge in [0.1, 0.15) is 0 Å². The van der Waals surface area contributed by atoms with Gasteiger partial charge >= 0.3 is 0 Å². The first-order valence-corrected chi connectivity index (χ1v) is 5.98. The number of amides is 1. The number of hydrogen-bond donors (Lipinski definition) is 2. The van der Waals surface area contributed by atoms with Crippen LogP contribution in [0.15, 0.2) is 0 Å². The van der Waals surface area contributed by atoms with Crippen LogP contribution in [0.4, 0.5) is 0 Å². The van der Waals surface area contributed by atoms with E-state index in [4.69, 9.17) is 0 Å². The van der Waals surface area contributed by atoms with Gasteiger partial charge in [-0.15, -0.1) is 0 Å². The Balaban J connectivity index is 3.90. The summed E-state index contributed by atoms with van der Waals surface area (Å²) in [5.41, 5.74) is -0.192. The first-order valence-electron chi connectivity index (χ1n) is 5.98. The average molecular weight is 230 g/mol. The van der Waals surface area contributed by atoms with Gasteiger partial charge in [-0.05, 0) is 18.5 Å². The maximum atomic E-state index is 11.5. The summed E-state index contributed by atoms with van der Waals surface area (Å²) in [6.07, 6.45) is -0.506. The number of nitrogens with one attached hydrogen (secondary N) is 1. The fraction of sp³-hybridized carbons (Fsp3) is 0.917. The van der Waals surface area contributed by atoms with Gasteiger partial charge in [-0.25, -0.2) is 0 Å². The fourth-order valence-electron chi connectivity index (χ4n) is 1.22. The zero-order valence-corrected chi connectivity index (χ0v) is 11.2. The number of carbonyl (C=O) groups is 1. The van der Waals surface area contributed by atoms with Crippen LogP contribution >= 0.6 is 0 Å². The molecule has 0 spiro atoms. The predicted octanol–water partition coefficient (Wildman–Crippen LogP) is 0.851. The van der Waals surface area contributed by atoms with Crippen molar-refractivity contribution in [2.45, 2.75) is 40.7 Å². The molecule has 0 bridgehead atoms. The van der Waals surface area contributed by atoms with E-state index in [1.807, 2.05) is 39.5 Å². The SMILES string of the molecule is CCN(CC)CC(=O)NCC(O)C(C)(C)C. The van der Waals surface area contributed by atoms with E-state index in [0.29, 0.717) is 13.1 Å². The van der Waals surface area contributed by atoms with Gasteiger partial charge in [-0.2, -0.15) is 0 Å². The zero-order chi connectivity index (χ0) is 12.8. The van der Waals surface area contributed by atoms with E-state index in [0.717, 1.165) is 13.1 Å². The Kier molecular flexibility index (Phi) is 6.60. The van der Waals surface area contributed by atoms with Gasteiger partial charge in [0.15, 0.2) is 0 Å². The van der Waals surface area contributed by atoms with E-state index < -0.39 is 6.10 Å². The predicted molar refractivity (Wildman–Crippen MR) is 66.3 cm³/mol. The Morgan fingerprint density at radius 1 is 1.31 bits per heavy atom. The van der Waals surface area contributed by atoms with Crippen LogP contribution in [0.5, 0.6) is 0 Å². The van der Waals surface area contributed by atoms with E-state index in [1.165, 1.54) is 0 Å². The second kappa shape index (κ2) is 6.86. The van der Waals surface area contributed by atoms with Gasteiger partial charge in [-0.1, -0.05) is 34.6 Å². The molecule has 0 fully saturated rings. The number of aliphatic hydroxyl groups is 1. The van der Waals surface area contributed by atoms with Crippen LogP contribution in [-0.4, -0.2) is 48.2 Å². The minimum absolute atomic E-state index is 0.0213. The number of carbonyl (C=O) groups excluding carboxylic acids is 1. The van der Waals surface area contributed by atoms with E-state index in [2.05, 4.69) is 5.32 Å². The third-order valence-corrected chi connectivity index (χ3v) is 2.75. The summed E-state index contributed by atoms with van der Waals surface area (Å²) in [6, 6.07) is 0. The highest BCUT2D eigenvalue weighted by Gasteiger charge is 2.22. The fourth-order valence-corrected chi connectivity index (χ4v) is 1.22. The molecule has 0 saturated heterocycles. The van der Waals surface area contributed by atoms with Crippen LogP contribution in [0, 0.1) is 5.41 Å². The molecule has 16 heavy (non-hydrogen) atoms. The zero-order valence-electron chi connectivity index (χ0n) is 11.2. The number of likely N-dealkylation sites (N-methyl/N-ethyl adjacent to an activating group) is 1. The molecule has 0 aromatic heterocycles. The molecule has 0 aliphatic heterocycles. The Hall–Kier alpha value is -0.610. The number of nitrogens with zero attached hydrogens (tertiary/aromatic N) is 1. The molecule has 0 radical (unpaired) electrons. The average Bonchev–Trinajstić information content (AvgIpc) is 2.20. The lowest BCUT2D eigenvalue weighted by Crippen LogP contribution is -2.43. The molecule has 0 aliphatic rings. The summed E-state index contributed by atoms with van der Waals surface area (Å²) in [6.45, 7) is 12.4. The van der Waals surface area contributed by atoms with Crippen molar-refractivity contribution in [1.29, 1.82) is 0 Å². The number of rotatable bonds is 6. The van der Waals surface area contributed by atoms with E-state index >= 15 is 0 Å². The molecule has 96 valence electrons. The van der Waals surface area contributed by atoms with Crippen molar-refractivity contribution >= 4 is 5.91 Å². The van der Waals surface area contributed by atoms with Crippen LogP contribution in [0.3, 0.4) is 0 Å². The number of hydrogen-bond acceptors (Lipinski definition) is 3. The van der Waals surface area contributed by atoms with Crippen LogP contribution in [-0.2, 0) is 4.79 Å². The van der Waals surface area contributed by atoms with Crippen molar-refractivity contribution in [1.82, 2.24) is 10.2 Å². The van der Waals surface area contributed by atoms with Gasteiger partial charge in [0, 0.05) is 6.54 Å². The van der Waals surface area contributed by atoms with E-state index in [9.17, 15) is 9.90 Å². The van der Waals surface area contributed by atoms with E-state index in [1.54, 1.807) is 0 Å². The maximum absolute atomic E-state index is 11.5. The summed E-state index contributed by atoms with van der Waals surface area (Å²) in [7, 11) is 0. The molecule has 1 unspecified atom stereocenters. The lowest BCUT2D eigenvalue weighted by atomic mass is 9.89. The monoisotopic (exact) mass is 230 g/mol. The van der Waals surface area contributed by atoms with Gasteiger partial charge in [0.25, 0.3) is 0 Å². The van der Waals surface area contributed by atoms with Crippen LogP contribution in [0.2, 0.25) is 0 Å². The molecule has 1 atom stereocenters. The van der Waals surface area contributed by atoms with Crippen LogP contribution in [0.1, 0.15) is 34.6 Å². The highest BCUT2D eigenvalue weighted by atomic mass is 16.3. The van der Waals surface area contributed by atoms with Crippen molar-refractivity contribution in [3.05, 3.63) is 0 Å². The third-order valence-electron chi connectivity index (χ3n) is 2.75. The quantitative estimate of drug-likeness (QED) is 0.711. The summed E-state index contributed by atoms with van der Waals surface area (Å²) in [5.74, 6) is -0.0213. The molecule has 0 rings (SSSR count). The van der Waals surface area contributed by atoms with E-state index in [-0.39, 0.29) is 11.3 Å². The summed E-state index contributed by atoms with van der Waals surface area (Å²) in [5, 5.41) is 12.5. The third kappa shape index (κ3) is 6.08. The maximum Gasteiger partial charge on any atom is 0.234 e. The van der Waals surface area contributed by atoms with Gasteiger partial charge in [-0.3, -0.25) is 9.69 Å². The second-order valence-corrected chi connectivity index (χ2v) is 5.15. The molecular weight excluding hydrogens is 204 g/mol. The van der Waals surface area contributed by atoms with Gasteiger partial charge < -0.3 is 10.4 Å². The molecule has 2 N–H and O–H groups in total. The Morgan fingerprint density at radius 2 is 1.81 bits per heavy atom. The smallest absolute Gasteiger partial charge is 0.234 e. The minimum Gasteiger partial charge on any atom is -0.391 e. The van der Waals surface area contributed by atoms with Crippen molar-refractivity contribution in [2.75, 3.05) is 26.2 Å².